The molecule has 2 heterocycles. The van der Waals surface area contributed by atoms with E-state index in [0.29, 0.717) is 13.2 Å². The molecule has 1 saturated heterocycles. The van der Waals surface area contributed by atoms with Gasteiger partial charge < -0.3 is 15.1 Å². The molecule has 1 unspecified atom stereocenters. The van der Waals surface area contributed by atoms with Gasteiger partial charge in [-0.2, -0.15) is 0 Å². The van der Waals surface area contributed by atoms with E-state index in [2.05, 4.69) is 15.4 Å². The number of likely N-dealkylation sites (N-methyl/N-ethyl adjacent to an activating group) is 1. The zero-order valence-electron chi connectivity index (χ0n) is 9.87. The number of nitrogens with zero attached hydrogens (tertiary/aromatic N) is 4. The average molecular weight is 254 g/mol. The van der Waals surface area contributed by atoms with Crippen molar-refractivity contribution >= 4 is 17.3 Å². The molecule has 98 valence electrons. The van der Waals surface area contributed by atoms with Crippen molar-refractivity contribution in [1.29, 1.82) is 0 Å². The fourth-order valence-electron chi connectivity index (χ4n) is 1.90. The quantitative estimate of drug-likeness (QED) is 0.434. The first-order valence-corrected chi connectivity index (χ1v) is 5.41. The maximum absolute atomic E-state index is 11.1. The number of nitrogen functional groups attached to an aromatic ring is 1. The monoisotopic (exact) mass is 254 g/mol. The summed E-state index contributed by atoms with van der Waals surface area (Å²) in [6, 6.07) is 0.0734. The van der Waals surface area contributed by atoms with E-state index in [1.54, 1.807) is 11.9 Å². The summed E-state index contributed by atoms with van der Waals surface area (Å²) in [5, 5.41) is 11.1. The molecule has 0 saturated carbocycles. The summed E-state index contributed by atoms with van der Waals surface area (Å²) in [5.74, 6) is 5.45. The van der Waals surface area contributed by atoms with Crippen molar-refractivity contribution < 1.29 is 9.66 Å². The number of hydrogen-bond acceptors (Lipinski definition) is 8. The summed E-state index contributed by atoms with van der Waals surface area (Å²) in [6.07, 6.45) is 2.05. The number of hydrazine groups is 1. The van der Waals surface area contributed by atoms with Crippen LogP contribution in [0.4, 0.5) is 17.3 Å². The Hall–Kier alpha value is -2.00. The number of aromatic nitrogens is 2. The number of nitro groups is 1. The van der Waals surface area contributed by atoms with Crippen molar-refractivity contribution in [1.82, 2.24) is 9.97 Å². The first kappa shape index (κ1) is 12.5. The second kappa shape index (κ2) is 5.10. The normalized spacial score (nSPS) is 18.7. The predicted molar refractivity (Wildman–Crippen MR) is 64.1 cm³/mol. The lowest BCUT2D eigenvalue weighted by Gasteiger charge is -2.23. The molecule has 18 heavy (non-hydrogen) atoms. The van der Waals surface area contributed by atoms with E-state index in [0.717, 1.165) is 6.42 Å². The van der Waals surface area contributed by atoms with Gasteiger partial charge in [0.1, 0.15) is 6.33 Å². The van der Waals surface area contributed by atoms with Gasteiger partial charge in [0.15, 0.2) is 0 Å². The van der Waals surface area contributed by atoms with Gasteiger partial charge in [0.05, 0.1) is 17.6 Å². The second-order valence-electron chi connectivity index (χ2n) is 3.92. The minimum Gasteiger partial charge on any atom is -0.379 e. The van der Waals surface area contributed by atoms with Crippen LogP contribution in [-0.4, -0.2) is 41.2 Å². The molecular weight excluding hydrogens is 240 g/mol. The Morgan fingerprint density at radius 1 is 1.67 bits per heavy atom. The second-order valence-corrected chi connectivity index (χ2v) is 3.92. The van der Waals surface area contributed by atoms with Gasteiger partial charge in [-0.15, -0.1) is 0 Å². The number of ether oxygens (including phenoxy) is 1. The lowest BCUT2D eigenvalue weighted by Crippen LogP contribution is -2.33. The largest absolute Gasteiger partial charge is 0.379 e. The zero-order chi connectivity index (χ0) is 13.1. The van der Waals surface area contributed by atoms with E-state index in [1.807, 2.05) is 0 Å². The molecule has 9 nitrogen and oxygen atoms in total. The van der Waals surface area contributed by atoms with Crippen LogP contribution in [0.2, 0.25) is 0 Å². The molecule has 1 fully saturated rings. The van der Waals surface area contributed by atoms with E-state index >= 15 is 0 Å². The van der Waals surface area contributed by atoms with E-state index in [4.69, 9.17) is 10.6 Å². The third-order valence-electron chi connectivity index (χ3n) is 2.91. The van der Waals surface area contributed by atoms with Gasteiger partial charge in [-0.25, -0.2) is 15.8 Å². The van der Waals surface area contributed by atoms with Gasteiger partial charge in [-0.05, 0) is 6.42 Å². The molecule has 0 aromatic carbocycles. The fourth-order valence-corrected chi connectivity index (χ4v) is 1.90. The Balaban J connectivity index is 2.39. The first-order chi connectivity index (χ1) is 8.65. The molecule has 0 amide bonds. The Bertz CT molecular complexity index is 448. The smallest absolute Gasteiger partial charge is 0.354 e. The van der Waals surface area contributed by atoms with Crippen molar-refractivity contribution in [3.05, 3.63) is 16.4 Å². The molecule has 1 atom stereocenters. The van der Waals surface area contributed by atoms with E-state index in [-0.39, 0.29) is 23.4 Å². The van der Waals surface area contributed by atoms with Gasteiger partial charge in [-0.3, -0.25) is 10.1 Å². The highest BCUT2D eigenvalue weighted by Crippen LogP contribution is 2.32. The first-order valence-electron chi connectivity index (χ1n) is 5.41. The maximum Gasteiger partial charge on any atom is 0.354 e. The summed E-state index contributed by atoms with van der Waals surface area (Å²) in [5.41, 5.74) is 1.98. The molecular formula is C9H14N6O3. The van der Waals surface area contributed by atoms with Crippen LogP contribution in [0.15, 0.2) is 6.33 Å². The highest BCUT2D eigenvalue weighted by atomic mass is 16.6. The molecule has 1 aliphatic rings. The Labute approximate surface area is 103 Å². The molecule has 3 N–H and O–H groups in total. The minimum absolute atomic E-state index is 0.00392. The van der Waals surface area contributed by atoms with Crippen LogP contribution in [0.3, 0.4) is 0 Å². The molecule has 1 aliphatic heterocycles. The van der Waals surface area contributed by atoms with E-state index < -0.39 is 4.92 Å². The third kappa shape index (κ3) is 2.17. The molecule has 9 heteroatoms. The SMILES string of the molecule is CN(c1ncnc(NN)c1[N+](=O)[O-])C1CCOC1. The third-order valence-corrected chi connectivity index (χ3v) is 2.91. The van der Waals surface area contributed by atoms with Crippen LogP contribution in [0.1, 0.15) is 6.42 Å². The summed E-state index contributed by atoms with van der Waals surface area (Å²) in [6.45, 7) is 1.18. The van der Waals surface area contributed by atoms with Gasteiger partial charge in [0.2, 0.25) is 11.6 Å². The average Bonchev–Trinajstić information content (AvgIpc) is 2.90. The molecule has 1 aromatic heterocycles. The van der Waals surface area contributed by atoms with Crippen LogP contribution in [0.25, 0.3) is 0 Å². The molecule has 2 rings (SSSR count). The maximum atomic E-state index is 11.1. The van der Waals surface area contributed by atoms with Crippen LogP contribution >= 0.6 is 0 Å². The van der Waals surface area contributed by atoms with Gasteiger partial charge in [0.25, 0.3) is 0 Å². The minimum atomic E-state index is -0.545. The van der Waals surface area contributed by atoms with Crippen molar-refractivity contribution in [3.63, 3.8) is 0 Å². The van der Waals surface area contributed by atoms with Crippen LogP contribution in [0.5, 0.6) is 0 Å². The lowest BCUT2D eigenvalue weighted by atomic mass is 10.2. The number of rotatable bonds is 4. The highest BCUT2D eigenvalue weighted by molar-refractivity contribution is 5.69. The van der Waals surface area contributed by atoms with Crippen molar-refractivity contribution in [2.75, 3.05) is 30.6 Å². The molecule has 0 aliphatic carbocycles. The van der Waals surface area contributed by atoms with Crippen LogP contribution < -0.4 is 16.2 Å². The van der Waals surface area contributed by atoms with Crippen molar-refractivity contribution in [3.8, 4) is 0 Å². The Morgan fingerprint density at radius 3 is 3.00 bits per heavy atom. The number of hydrogen-bond donors (Lipinski definition) is 2. The topological polar surface area (TPSA) is 119 Å². The zero-order valence-corrected chi connectivity index (χ0v) is 9.87. The number of anilines is 2. The van der Waals surface area contributed by atoms with Gasteiger partial charge in [0, 0.05) is 13.7 Å². The molecule has 0 bridgehead atoms. The van der Waals surface area contributed by atoms with Gasteiger partial charge >= 0.3 is 5.69 Å². The molecule has 0 radical (unpaired) electrons. The van der Waals surface area contributed by atoms with Gasteiger partial charge in [-0.1, -0.05) is 0 Å². The van der Waals surface area contributed by atoms with Crippen LogP contribution in [0, 0.1) is 10.1 Å². The summed E-state index contributed by atoms with van der Waals surface area (Å²) in [7, 11) is 1.75. The summed E-state index contributed by atoms with van der Waals surface area (Å²) in [4.78, 5) is 20.0. The standard InChI is InChI=1S/C9H14N6O3/c1-14(6-2-3-18-4-6)9-7(15(16)17)8(13-10)11-5-12-9/h5-6H,2-4,10H2,1H3,(H,11,12,13). The molecule has 0 spiro atoms. The van der Waals surface area contributed by atoms with Crippen molar-refractivity contribution in [2.45, 2.75) is 12.5 Å². The van der Waals surface area contributed by atoms with Crippen molar-refractivity contribution in [2.24, 2.45) is 5.84 Å². The van der Waals surface area contributed by atoms with E-state index in [1.165, 1.54) is 6.33 Å². The van der Waals surface area contributed by atoms with Crippen LogP contribution in [-0.2, 0) is 4.74 Å². The Morgan fingerprint density at radius 2 is 2.44 bits per heavy atom. The highest BCUT2D eigenvalue weighted by Gasteiger charge is 2.30. The Kier molecular flexibility index (Phi) is 3.53. The lowest BCUT2D eigenvalue weighted by molar-refractivity contribution is -0.383. The predicted octanol–water partition coefficient (Wildman–Crippen LogP) is -0.105. The fraction of sp³-hybridized carbons (Fsp3) is 0.556. The summed E-state index contributed by atoms with van der Waals surface area (Å²) >= 11 is 0. The number of nitrogens with one attached hydrogen (secondary N) is 1. The number of nitrogens with two attached hydrogens (primary N) is 1. The van der Waals surface area contributed by atoms with E-state index in [9.17, 15) is 10.1 Å². The molecule has 1 aromatic rings. The summed E-state index contributed by atoms with van der Waals surface area (Å²) < 4.78 is 5.26.